The Morgan fingerprint density at radius 1 is 1.05 bits per heavy atom. The van der Waals surface area contributed by atoms with E-state index in [1.807, 2.05) is 48.5 Å². The zero-order valence-electron chi connectivity index (χ0n) is 12.2. The molecule has 0 amide bonds. The summed E-state index contributed by atoms with van der Waals surface area (Å²) in [6.07, 6.45) is -0.588. The van der Waals surface area contributed by atoms with E-state index in [0.29, 0.717) is 6.61 Å². The van der Waals surface area contributed by atoms with Crippen LogP contribution >= 0.6 is 0 Å². The molecule has 0 saturated carbocycles. The van der Waals surface area contributed by atoms with Gasteiger partial charge in [0, 0.05) is 12.6 Å². The highest BCUT2D eigenvalue weighted by Crippen LogP contribution is 2.32. The van der Waals surface area contributed by atoms with Gasteiger partial charge in [-0.15, -0.1) is 0 Å². The van der Waals surface area contributed by atoms with Crippen molar-refractivity contribution in [3.8, 4) is 0 Å². The Morgan fingerprint density at radius 2 is 1.67 bits per heavy atom. The van der Waals surface area contributed by atoms with Crippen LogP contribution in [0.25, 0.3) is 0 Å². The van der Waals surface area contributed by atoms with Crippen LogP contribution in [0.5, 0.6) is 0 Å². The Hall–Kier alpha value is -1.68. The number of nitrogens with zero attached hydrogens (tertiary/aromatic N) is 1. The molecule has 0 bridgehead atoms. The number of ether oxygens (including phenoxy) is 1. The van der Waals surface area contributed by atoms with Gasteiger partial charge in [-0.05, 0) is 18.1 Å². The molecule has 1 fully saturated rings. The van der Waals surface area contributed by atoms with Crippen molar-refractivity contribution in [2.24, 2.45) is 0 Å². The van der Waals surface area contributed by atoms with Crippen LogP contribution < -0.4 is 0 Å². The van der Waals surface area contributed by atoms with Crippen molar-refractivity contribution in [1.29, 1.82) is 0 Å². The summed E-state index contributed by atoms with van der Waals surface area (Å²) < 4.78 is 5.94. The van der Waals surface area contributed by atoms with Crippen molar-refractivity contribution >= 4 is 0 Å². The van der Waals surface area contributed by atoms with Gasteiger partial charge in [-0.2, -0.15) is 0 Å². The minimum absolute atomic E-state index is 0.00156. The lowest BCUT2D eigenvalue weighted by Gasteiger charge is -2.42. The Kier molecular flexibility index (Phi) is 4.34. The SMILES string of the molecule is C[C@@H]1[C@H](c2ccccc2)OCCN1[C@H](O)c1ccccc1. The molecule has 2 aromatic rings. The number of rotatable bonds is 3. The Morgan fingerprint density at radius 3 is 2.33 bits per heavy atom. The Labute approximate surface area is 125 Å². The second-order valence-corrected chi connectivity index (χ2v) is 5.46. The first-order valence-electron chi connectivity index (χ1n) is 7.42. The van der Waals surface area contributed by atoms with Crippen LogP contribution in [0.3, 0.4) is 0 Å². The summed E-state index contributed by atoms with van der Waals surface area (Å²) in [5, 5.41) is 10.7. The monoisotopic (exact) mass is 283 g/mol. The number of morpholine rings is 1. The van der Waals surface area contributed by atoms with Crippen LogP contribution in [0, 0.1) is 0 Å². The summed E-state index contributed by atoms with van der Waals surface area (Å²) in [7, 11) is 0. The number of aliphatic hydroxyl groups is 1. The number of aliphatic hydroxyl groups excluding tert-OH is 1. The van der Waals surface area contributed by atoms with Gasteiger partial charge in [-0.1, -0.05) is 60.7 Å². The summed E-state index contributed by atoms with van der Waals surface area (Å²) in [6, 6.07) is 20.1. The van der Waals surface area contributed by atoms with Crippen LogP contribution in [0.2, 0.25) is 0 Å². The molecule has 1 N–H and O–H groups in total. The Balaban J connectivity index is 1.80. The van der Waals surface area contributed by atoms with Crippen molar-refractivity contribution in [2.45, 2.75) is 25.3 Å². The third kappa shape index (κ3) is 3.00. The molecule has 21 heavy (non-hydrogen) atoms. The van der Waals surface area contributed by atoms with Crippen LogP contribution in [-0.2, 0) is 4.74 Å². The van der Waals surface area contributed by atoms with E-state index >= 15 is 0 Å². The molecule has 0 unspecified atom stereocenters. The predicted molar refractivity (Wildman–Crippen MR) is 82.7 cm³/mol. The zero-order chi connectivity index (χ0) is 14.7. The maximum Gasteiger partial charge on any atom is 0.133 e. The molecule has 3 atom stereocenters. The van der Waals surface area contributed by atoms with Crippen LogP contribution in [0.15, 0.2) is 60.7 Å². The van der Waals surface area contributed by atoms with Gasteiger partial charge in [0.2, 0.25) is 0 Å². The number of hydrogen-bond donors (Lipinski definition) is 1. The van der Waals surface area contributed by atoms with Gasteiger partial charge < -0.3 is 9.84 Å². The van der Waals surface area contributed by atoms with Gasteiger partial charge in [-0.25, -0.2) is 0 Å². The molecule has 110 valence electrons. The van der Waals surface area contributed by atoms with E-state index in [2.05, 4.69) is 24.0 Å². The summed E-state index contributed by atoms with van der Waals surface area (Å²) in [5.41, 5.74) is 2.09. The molecule has 3 nitrogen and oxygen atoms in total. The average Bonchev–Trinajstić information content (AvgIpc) is 2.56. The molecule has 0 radical (unpaired) electrons. The number of benzene rings is 2. The van der Waals surface area contributed by atoms with E-state index in [4.69, 9.17) is 4.74 Å². The average molecular weight is 283 g/mol. The van der Waals surface area contributed by atoms with Gasteiger partial charge in [0.25, 0.3) is 0 Å². The largest absolute Gasteiger partial charge is 0.374 e. The quantitative estimate of drug-likeness (QED) is 0.939. The normalized spacial score (nSPS) is 24.7. The zero-order valence-corrected chi connectivity index (χ0v) is 12.2. The molecule has 1 heterocycles. The van der Waals surface area contributed by atoms with E-state index in [-0.39, 0.29) is 12.1 Å². The van der Waals surface area contributed by atoms with Gasteiger partial charge in [0.05, 0.1) is 12.7 Å². The van der Waals surface area contributed by atoms with E-state index in [9.17, 15) is 5.11 Å². The summed E-state index contributed by atoms with van der Waals surface area (Å²) >= 11 is 0. The molecule has 0 spiro atoms. The molecule has 1 saturated heterocycles. The second kappa shape index (κ2) is 6.39. The summed E-state index contributed by atoms with van der Waals surface area (Å²) in [6.45, 7) is 3.48. The fourth-order valence-electron chi connectivity index (χ4n) is 2.98. The molecule has 1 aliphatic heterocycles. The van der Waals surface area contributed by atoms with Crippen molar-refractivity contribution in [3.63, 3.8) is 0 Å². The first-order chi connectivity index (χ1) is 10.3. The smallest absolute Gasteiger partial charge is 0.133 e. The van der Waals surface area contributed by atoms with E-state index in [1.54, 1.807) is 0 Å². The number of hydrogen-bond acceptors (Lipinski definition) is 3. The lowest BCUT2D eigenvalue weighted by Crippen LogP contribution is -2.47. The fraction of sp³-hybridized carbons (Fsp3) is 0.333. The predicted octanol–water partition coefficient (Wildman–Crippen LogP) is 3.14. The molecule has 1 aliphatic rings. The maximum absolute atomic E-state index is 10.7. The highest BCUT2D eigenvalue weighted by molar-refractivity contribution is 5.21. The lowest BCUT2D eigenvalue weighted by molar-refractivity contribution is -0.130. The van der Waals surface area contributed by atoms with Gasteiger partial charge >= 0.3 is 0 Å². The molecule has 3 heteroatoms. The Bertz CT molecular complexity index is 558. The van der Waals surface area contributed by atoms with Crippen LogP contribution in [0.1, 0.15) is 30.4 Å². The standard InChI is InChI=1S/C18H21NO2/c1-14-17(15-8-4-2-5-9-15)21-13-12-19(14)18(20)16-10-6-3-7-11-16/h2-11,14,17-18,20H,12-13H2,1H3/t14-,17-,18-/m1/s1. The fourth-order valence-corrected chi connectivity index (χ4v) is 2.98. The summed E-state index contributed by atoms with van der Waals surface area (Å²) in [5.74, 6) is 0. The second-order valence-electron chi connectivity index (χ2n) is 5.46. The first-order valence-corrected chi connectivity index (χ1v) is 7.42. The topological polar surface area (TPSA) is 32.7 Å². The lowest BCUT2D eigenvalue weighted by atomic mass is 9.99. The van der Waals surface area contributed by atoms with Crippen LogP contribution in [-0.4, -0.2) is 29.2 Å². The minimum atomic E-state index is -0.587. The third-order valence-electron chi connectivity index (χ3n) is 4.15. The molecule has 0 aliphatic carbocycles. The molecular weight excluding hydrogens is 262 g/mol. The van der Waals surface area contributed by atoms with Crippen molar-refractivity contribution in [3.05, 3.63) is 71.8 Å². The first kappa shape index (κ1) is 14.3. The minimum Gasteiger partial charge on any atom is -0.374 e. The maximum atomic E-state index is 10.7. The third-order valence-corrected chi connectivity index (χ3v) is 4.15. The van der Waals surface area contributed by atoms with Crippen molar-refractivity contribution in [2.75, 3.05) is 13.2 Å². The molecule has 3 rings (SSSR count). The molecular formula is C18H21NO2. The van der Waals surface area contributed by atoms with Gasteiger partial charge in [0.15, 0.2) is 0 Å². The highest BCUT2D eigenvalue weighted by atomic mass is 16.5. The summed E-state index contributed by atoms with van der Waals surface area (Å²) in [4.78, 5) is 2.11. The van der Waals surface area contributed by atoms with Gasteiger partial charge in [0.1, 0.15) is 6.23 Å². The van der Waals surface area contributed by atoms with E-state index in [1.165, 1.54) is 0 Å². The van der Waals surface area contributed by atoms with Crippen molar-refractivity contribution < 1.29 is 9.84 Å². The van der Waals surface area contributed by atoms with Crippen molar-refractivity contribution in [1.82, 2.24) is 4.90 Å². The van der Waals surface area contributed by atoms with Gasteiger partial charge in [-0.3, -0.25) is 4.90 Å². The molecule has 0 aromatic heterocycles. The highest BCUT2D eigenvalue weighted by Gasteiger charge is 2.33. The molecule has 2 aromatic carbocycles. The van der Waals surface area contributed by atoms with Crippen LogP contribution in [0.4, 0.5) is 0 Å². The van der Waals surface area contributed by atoms with E-state index in [0.717, 1.165) is 17.7 Å². The van der Waals surface area contributed by atoms with E-state index < -0.39 is 6.23 Å².